The average Bonchev–Trinajstić information content (AvgIpc) is 2.90. The van der Waals surface area contributed by atoms with Crippen molar-refractivity contribution >= 4 is 23.5 Å². The second-order valence-corrected chi connectivity index (χ2v) is 7.74. The van der Waals surface area contributed by atoms with Crippen LogP contribution in [0.25, 0.3) is 0 Å². The molecule has 1 amide bonds. The Balaban J connectivity index is 1.69. The zero-order chi connectivity index (χ0) is 15.6. The summed E-state index contributed by atoms with van der Waals surface area (Å²) in [7, 11) is 1.85. The van der Waals surface area contributed by atoms with Crippen LogP contribution in [-0.4, -0.2) is 37.9 Å². The van der Waals surface area contributed by atoms with E-state index in [1.807, 2.05) is 13.1 Å². The fourth-order valence-electron chi connectivity index (χ4n) is 3.37. The van der Waals surface area contributed by atoms with Crippen LogP contribution in [0.5, 0.6) is 0 Å². The van der Waals surface area contributed by atoms with Crippen LogP contribution < -0.4 is 5.32 Å². The van der Waals surface area contributed by atoms with Crippen LogP contribution in [0.15, 0.2) is 6.07 Å². The second kappa shape index (κ2) is 6.62. The van der Waals surface area contributed by atoms with Gasteiger partial charge in [-0.05, 0) is 37.2 Å². The number of nitrogens with zero attached hydrogens (tertiary/aromatic N) is 2. The Morgan fingerprint density at radius 2 is 2.05 bits per heavy atom. The van der Waals surface area contributed by atoms with Crippen molar-refractivity contribution in [3.8, 4) is 0 Å². The minimum Gasteiger partial charge on any atom is -0.380 e. The molecule has 1 aliphatic carbocycles. The highest BCUT2D eigenvalue weighted by Gasteiger charge is 2.37. The fraction of sp³-hybridized carbons (Fsp3) is 0.750. The van der Waals surface area contributed by atoms with Gasteiger partial charge in [-0.25, -0.2) is 0 Å². The summed E-state index contributed by atoms with van der Waals surface area (Å²) in [4.78, 5) is 12.4. The molecule has 1 aliphatic heterocycles. The maximum Gasteiger partial charge on any atom is 0.257 e. The van der Waals surface area contributed by atoms with Gasteiger partial charge in [-0.3, -0.25) is 9.48 Å². The third kappa shape index (κ3) is 3.33. The van der Waals surface area contributed by atoms with Crippen LogP contribution in [0.3, 0.4) is 0 Å². The van der Waals surface area contributed by atoms with E-state index in [0.29, 0.717) is 24.6 Å². The Labute approximate surface area is 135 Å². The lowest BCUT2D eigenvalue weighted by Gasteiger charge is -2.30. The third-order valence-corrected chi connectivity index (χ3v) is 5.89. The molecule has 0 aromatic carbocycles. The van der Waals surface area contributed by atoms with Gasteiger partial charge in [0.1, 0.15) is 11.4 Å². The van der Waals surface area contributed by atoms with Crippen molar-refractivity contribution in [1.29, 1.82) is 0 Å². The van der Waals surface area contributed by atoms with E-state index in [0.717, 1.165) is 17.2 Å². The van der Waals surface area contributed by atoms with Crippen molar-refractivity contribution in [2.45, 2.75) is 56.5 Å². The highest BCUT2D eigenvalue weighted by molar-refractivity contribution is 7.99. The number of amides is 1. The molecule has 2 N–H and O–H groups in total. The van der Waals surface area contributed by atoms with Gasteiger partial charge in [0.05, 0.1) is 5.69 Å². The number of hydrogen-bond acceptors (Lipinski definition) is 4. The molecule has 5 nitrogen and oxygen atoms in total. The molecule has 0 atom stereocenters. The molecule has 122 valence electrons. The van der Waals surface area contributed by atoms with Crippen molar-refractivity contribution in [3.63, 3.8) is 0 Å². The summed E-state index contributed by atoms with van der Waals surface area (Å²) in [5.74, 6) is 2.59. The Morgan fingerprint density at radius 1 is 1.36 bits per heavy atom. The highest BCUT2D eigenvalue weighted by atomic mass is 32.2. The summed E-state index contributed by atoms with van der Waals surface area (Å²) in [5, 5.41) is 17.9. The minimum atomic E-state index is -1.22. The van der Waals surface area contributed by atoms with E-state index in [2.05, 4.69) is 10.4 Å². The first-order chi connectivity index (χ1) is 10.6. The molecule has 1 aromatic rings. The molecule has 0 bridgehead atoms. The fourth-order valence-corrected chi connectivity index (χ4v) is 4.54. The van der Waals surface area contributed by atoms with Gasteiger partial charge < -0.3 is 10.4 Å². The van der Waals surface area contributed by atoms with Gasteiger partial charge in [0.25, 0.3) is 5.91 Å². The number of aromatic nitrogens is 2. The molecule has 0 radical (unpaired) electrons. The van der Waals surface area contributed by atoms with Crippen LogP contribution in [0.4, 0.5) is 5.82 Å². The lowest BCUT2D eigenvalue weighted by molar-refractivity contribution is -0.134. The molecule has 0 unspecified atom stereocenters. The number of aryl methyl sites for hydroxylation is 1. The lowest BCUT2D eigenvalue weighted by atomic mass is 9.87. The standard InChI is InChI=1S/C16H25N3O2S/c1-19-14(11-13(18-19)12-5-3-2-4-6-12)17-15(20)16(21)7-9-22-10-8-16/h11-12,21H,2-10H2,1H3,(H,17,20). The Kier molecular flexibility index (Phi) is 4.78. The molecule has 1 aromatic heterocycles. The number of nitrogens with one attached hydrogen (secondary N) is 1. The van der Waals surface area contributed by atoms with Crippen molar-refractivity contribution in [3.05, 3.63) is 11.8 Å². The number of anilines is 1. The predicted octanol–water partition coefficient (Wildman–Crippen LogP) is 2.66. The first-order valence-electron chi connectivity index (χ1n) is 8.24. The molecule has 2 fully saturated rings. The number of aliphatic hydroxyl groups is 1. The van der Waals surface area contributed by atoms with Gasteiger partial charge in [-0.15, -0.1) is 0 Å². The summed E-state index contributed by atoms with van der Waals surface area (Å²) in [6.45, 7) is 0. The van der Waals surface area contributed by atoms with Crippen molar-refractivity contribution in [1.82, 2.24) is 9.78 Å². The number of thioether (sulfide) groups is 1. The van der Waals surface area contributed by atoms with Crippen LogP contribution >= 0.6 is 11.8 Å². The largest absolute Gasteiger partial charge is 0.380 e. The summed E-state index contributed by atoms with van der Waals surface area (Å²) < 4.78 is 1.72. The first-order valence-corrected chi connectivity index (χ1v) is 9.39. The molecule has 2 aliphatic rings. The molecule has 3 rings (SSSR count). The average molecular weight is 323 g/mol. The summed E-state index contributed by atoms with van der Waals surface area (Å²) in [5.41, 5.74) is -0.149. The Hall–Kier alpha value is -1.01. The summed E-state index contributed by atoms with van der Waals surface area (Å²) >= 11 is 1.79. The van der Waals surface area contributed by atoms with Gasteiger partial charge in [0.15, 0.2) is 0 Å². The smallest absolute Gasteiger partial charge is 0.257 e. The maximum atomic E-state index is 12.4. The predicted molar refractivity (Wildman–Crippen MR) is 89.2 cm³/mol. The van der Waals surface area contributed by atoms with Gasteiger partial charge >= 0.3 is 0 Å². The van der Waals surface area contributed by atoms with Crippen molar-refractivity contribution in [2.75, 3.05) is 16.8 Å². The van der Waals surface area contributed by atoms with Gasteiger partial charge in [0.2, 0.25) is 0 Å². The molecular formula is C16H25N3O2S. The normalized spacial score (nSPS) is 22.5. The Morgan fingerprint density at radius 3 is 2.73 bits per heavy atom. The van der Waals surface area contributed by atoms with E-state index in [4.69, 9.17) is 0 Å². The van der Waals surface area contributed by atoms with Crippen LogP contribution in [0, 0.1) is 0 Å². The molecule has 2 heterocycles. The molecule has 1 saturated carbocycles. The first kappa shape index (κ1) is 15.9. The van der Waals surface area contributed by atoms with E-state index in [9.17, 15) is 9.90 Å². The molecular weight excluding hydrogens is 298 g/mol. The summed E-state index contributed by atoms with van der Waals surface area (Å²) in [6.07, 6.45) is 7.27. The van der Waals surface area contributed by atoms with Crippen LogP contribution in [0.2, 0.25) is 0 Å². The van der Waals surface area contributed by atoms with Gasteiger partial charge in [0, 0.05) is 19.0 Å². The minimum absolute atomic E-state index is 0.286. The monoisotopic (exact) mass is 323 g/mol. The second-order valence-electron chi connectivity index (χ2n) is 6.51. The molecule has 0 spiro atoms. The van der Waals surface area contributed by atoms with E-state index < -0.39 is 5.60 Å². The lowest BCUT2D eigenvalue weighted by Crippen LogP contribution is -2.45. The summed E-state index contributed by atoms with van der Waals surface area (Å²) in [6, 6.07) is 1.98. The molecule has 6 heteroatoms. The van der Waals surface area contributed by atoms with E-state index >= 15 is 0 Å². The SMILES string of the molecule is Cn1nc(C2CCCCC2)cc1NC(=O)C1(O)CCSCC1. The zero-order valence-electron chi connectivity index (χ0n) is 13.2. The van der Waals surface area contributed by atoms with Crippen LogP contribution in [0.1, 0.15) is 56.6 Å². The number of carbonyl (C=O) groups is 1. The highest BCUT2D eigenvalue weighted by Crippen LogP contribution is 2.33. The van der Waals surface area contributed by atoms with E-state index in [1.165, 1.54) is 32.1 Å². The van der Waals surface area contributed by atoms with Crippen LogP contribution in [-0.2, 0) is 11.8 Å². The van der Waals surface area contributed by atoms with Crippen molar-refractivity contribution < 1.29 is 9.90 Å². The van der Waals surface area contributed by atoms with Gasteiger partial charge in [-0.1, -0.05) is 19.3 Å². The number of hydrogen-bond donors (Lipinski definition) is 2. The molecule has 1 saturated heterocycles. The van der Waals surface area contributed by atoms with Crippen molar-refractivity contribution in [2.24, 2.45) is 7.05 Å². The zero-order valence-corrected chi connectivity index (χ0v) is 14.0. The van der Waals surface area contributed by atoms with E-state index in [1.54, 1.807) is 16.4 Å². The topological polar surface area (TPSA) is 67.2 Å². The number of rotatable bonds is 3. The van der Waals surface area contributed by atoms with E-state index in [-0.39, 0.29) is 5.91 Å². The Bertz CT molecular complexity index is 531. The maximum absolute atomic E-state index is 12.4. The molecule has 22 heavy (non-hydrogen) atoms. The van der Waals surface area contributed by atoms with Gasteiger partial charge in [-0.2, -0.15) is 16.9 Å². The number of carbonyl (C=O) groups excluding carboxylic acids is 1. The quantitative estimate of drug-likeness (QED) is 0.897. The third-order valence-electron chi connectivity index (χ3n) is 4.91.